The van der Waals surface area contributed by atoms with Crippen LogP contribution in [0, 0.1) is 0 Å². The summed E-state index contributed by atoms with van der Waals surface area (Å²) in [5, 5.41) is 6.43. The van der Waals surface area contributed by atoms with Gasteiger partial charge in [-0.3, -0.25) is 4.79 Å². The van der Waals surface area contributed by atoms with Crippen molar-refractivity contribution in [2.75, 3.05) is 13.1 Å². The minimum absolute atomic E-state index is 0.0625. The molecule has 0 aromatic heterocycles. The molecule has 1 aliphatic heterocycles. The molecule has 2 fully saturated rings. The van der Waals surface area contributed by atoms with Gasteiger partial charge < -0.3 is 15.4 Å². The van der Waals surface area contributed by atoms with E-state index in [0.29, 0.717) is 6.04 Å². The number of hydrogen-bond acceptors (Lipinski definition) is 3. The Balaban J connectivity index is 1.69. The van der Waals surface area contributed by atoms with Gasteiger partial charge in [-0.1, -0.05) is 19.3 Å². The van der Waals surface area contributed by atoms with Gasteiger partial charge in [-0.2, -0.15) is 0 Å². The van der Waals surface area contributed by atoms with Gasteiger partial charge in [0.2, 0.25) is 5.91 Å². The third kappa shape index (κ3) is 4.25. The van der Waals surface area contributed by atoms with E-state index in [4.69, 9.17) is 4.74 Å². The van der Waals surface area contributed by atoms with E-state index in [2.05, 4.69) is 10.6 Å². The number of piperidine rings is 1. The second-order valence-electron chi connectivity index (χ2n) is 5.59. The predicted molar refractivity (Wildman–Crippen MR) is 71.5 cm³/mol. The van der Waals surface area contributed by atoms with E-state index in [0.717, 1.165) is 38.8 Å². The van der Waals surface area contributed by atoms with Crippen molar-refractivity contribution in [1.82, 2.24) is 10.6 Å². The highest BCUT2D eigenvalue weighted by molar-refractivity contribution is 5.80. The minimum atomic E-state index is -0.322. The summed E-state index contributed by atoms with van der Waals surface area (Å²) in [5.74, 6) is 0.0625. The van der Waals surface area contributed by atoms with Gasteiger partial charge >= 0.3 is 0 Å². The maximum Gasteiger partial charge on any atom is 0.249 e. The third-order valence-electron chi connectivity index (χ3n) is 3.97. The number of carbonyl (C=O) groups excluding carboxylic acids is 1. The zero-order chi connectivity index (χ0) is 12.8. The first-order valence-corrected chi connectivity index (χ1v) is 7.42. The zero-order valence-electron chi connectivity index (χ0n) is 11.4. The van der Waals surface area contributed by atoms with Gasteiger partial charge in [0.15, 0.2) is 0 Å². The van der Waals surface area contributed by atoms with Crippen molar-refractivity contribution in [1.29, 1.82) is 0 Å². The van der Waals surface area contributed by atoms with E-state index < -0.39 is 0 Å². The third-order valence-corrected chi connectivity index (χ3v) is 3.97. The average Bonchev–Trinajstić information content (AvgIpc) is 2.41. The molecule has 0 aromatic carbocycles. The van der Waals surface area contributed by atoms with Crippen molar-refractivity contribution in [3.63, 3.8) is 0 Å². The lowest BCUT2D eigenvalue weighted by atomic mass is 9.95. The molecule has 0 spiro atoms. The van der Waals surface area contributed by atoms with Crippen molar-refractivity contribution in [2.24, 2.45) is 0 Å². The lowest BCUT2D eigenvalue weighted by Gasteiger charge is -2.28. The maximum absolute atomic E-state index is 12.0. The summed E-state index contributed by atoms with van der Waals surface area (Å²) in [6.45, 7) is 3.82. The Morgan fingerprint density at radius 3 is 2.67 bits per heavy atom. The second-order valence-corrected chi connectivity index (χ2v) is 5.59. The Hall–Kier alpha value is -0.610. The van der Waals surface area contributed by atoms with Crippen molar-refractivity contribution in [3.05, 3.63) is 0 Å². The molecular weight excluding hydrogens is 228 g/mol. The monoisotopic (exact) mass is 254 g/mol. The molecule has 18 heavy (non-hydrogen) atoms. The first-order valence-electron chi connectivity index (χ1n) is 7.42. The molecule has 4 heteroatoms. The molecule has 1 saturated carbocycles. The fraction of sp³-hybridized carbons (Fsp3) is 0.929. The van der Waals surface area contributed by atoms with Crippen LogP contribution in [0.5, 0.6) is 0 Å². The van der Waals surface area contributed by atoms with Gasteiger partial charge in [0, 0.05) is 12.6 Å². The van der Waals surface area contributed by atoms with E-state index >= 15 is 0 Å². The highest BCUT2D eigenvalue weighted by Crippen LogP contribution is 2.17. The van der Waals surface area contributed by atoms with E-state index in [9.17, 15) is 4.79 Å². The Bertz CT molecular complexity index is 259. The van der Waals surface area contributed by atoms with Gasteiger partial charge in [-0.15, -0.1) is 0 Å². The molecule has 0 bridgehead atoms. The number of rotatable bonds is 4. The SMILES string of the molecule is CC(O[C@H]1CCCNC1)C(=O)NC1CCCCC1. The van der Waals surface area contributed by atoms with E-state index in [1.165, 1.54) is 19.3 Å². The quantitative estimate of drug-likeness (QED) is 0.801. The maximum atomic E-state index is 12.0. The number of carbonyl (C=O) groups is 1. The summed E-state index contributed by atoms with van der Waals surface area (Å²) in [6, 6.07) is 0.377. The normalized spacial score (nSPS) is 27.7. The smallest absolute Gasteiger partial charge is 0.249 e. The zero-order valence-corrected chi connectivity index (χ0v) is 11.4. The van der Waals surface area contributed by atoms with Gasteiger partial charge in [0.1, 0.15) is 6.10 Å². The molecular formula is C14H26N2O2. The van der Waals surface area contributed by atoms with E-state index in [1.807, 2.05) is 6.92 Å². The van der Waals surface area contributed by atoms with Crippen LogP contribution >= 0.6 is 0 Å². The van der Waals surface area contributed by atoms with Crippen molar-refractivity contribution in [2.45, 2.75) is 70.1 Å². The van der Waals surface area contributed by atoms with Gasteiger partial charge in [0.25, 0.3) is 0 Å². The first-order chi connectivity index (χ1) is 8.75. The van der Waals surface area contributed by atoms with Gasteiger partial charge in [0.05, 0.1) is 6.10 Å². The van der Waals surface area contributed by atoms with Crippen LogP contribution in [-0.4, -0.2) is 37.2 Å². The average molecular weight is 254 g/mol. The minimum Gasteiger partial charge on any atom is -0.364 e. The van der Waals surface area contributed by atoms with Crippen LogP contribution in [0.25, 0.3) is 0 Å². The van der Waals surface area contributed by atoms with E-state index in [1.54, 1.807) is 0 Å². The van der Waals surface area contributed by atoms with Crippen LogP contribution < -0.4 is 10.6 Å². The fourth-order valence-electron chi connectivity index (χ4n) is 2.85. The van der Waals surface area contributed by atoms with Crippen molar-refractivity contribution >= 4 is 5.91 Å². The molecule has 2 rings (SSSR count). The van der Waals surface area contributed by atoms with Crippen LogP contribution in [0.3, 0.4) is 0 Å². The summed E-state index contributed by atoms with van der Waals surface area (Å²) >= 11 is 0. The highest BCUT2D eigenvalue weighted by atomic mass is 16.5. The number of hydrogen-bond donors (Lipinski definition) is 2. The molecule has 1 heterocycles. The first kappa shape index (κ1) is 13.8. The van der Waals surface area contributed by atoms with Crippen molar-refractivity contribution in [3.8, 4) is 0 Å². The molecule has 2 atom stereocenters. The lowest BCUT2D eigenvalue weighted by molar-refractivity contribution is -0.136. The molecule has 1 saturated heterocycles. The summed E-state index contributed by atoms with van der Waals surface area (Å²) in [7, 11) is 0. The largest absolute Gasteiger partial charge is 0.364 e. The number of ether oxygens (including phenoxy) is 1. The van der Waals surface area contributed by atoms with Crippen LogP contribution in [0.15, 0.2) is 0 Å². The molecule has 1 aliphatic carbocycles. The van der Waals surface area contributed by atoms with Crippen LogP contribution in [0.1, 0.15) is 51.9 Å². The number of amides is 1. The van der Waals surface area contributed by atoms with Crippen LogP contribution in [-0.2, 0) is 9.53 Å². The molecule has 4 nitrogen and oxygen atoms in total. The summed E-state index contributed by atoms with van der Waals surface area (Å²) in [6.07, 6.45) is 8.14. The van der Waals surface area contributed by atoms with Crippen LogP contribution in [0.4, 0.5) is 0 Å². The Morgan fingerprint density at radius 1 is 1.22 bits per heavy atom. The molecule has 104 valence electrons. The van der Waals surface area contributed by atoms with Gasteiger partial charge in [-0.25, -0.2) is 0 Å². The standard InChI is InChI=1S/C14H26N2O2/c1-11(18-13-8-5-9-15-10-13)14(17)16-12-6-3-2-4-7-12/h11-13,15H,2-10H2,1H3,(H,16,17)/t11?,13-/m0/s1. The Labute approximate surface area is 110 Å². The second kappa shape index (κ2) is 7.10. The van der Waals surface area contributed by atoms with Crippen LogP contribution in [0.2, 0.25) is 0 Å². The van der Waals surface area contributed by atoms with Crippen molar-refractivity contribution < 1.29 is 9.53 Å². The molecule has 0 aromatic rings. The Morgan fingerprint density at radius 2 is 2.00 bits per heavy atom. The summed E-state index contributed by atoms with van der Waals surface area (Å²) in [5.41, 5.74) is 0. The summed E-state index contributed by atoms with van der Waals surface area (Å²) in [4.78, 5) is 12.0. The molecule has 0 radical (unpaired) electrons. The lowest BCUT2D eigenvalue weighted by Crippen LogP contribution is -2.45. The molecule has 1 amide bonds. The van der Waals surface area contributed by atoms with Gasteiger partial charge in [-0.05, 0) is 39.2 Å². The Kier molecular flexibility index (Phi) is 5.45. The highest BCUT2D eigenvalue weighted by Gasteiger charge is 2.23. The fourth-order valence-corrected chi connectivity index (χ4v) is 2.85. The predicted octanol–water partition coefficient (Wildman–Crippen LogP) is 1.59. The molecule has 1 unspecified atom stereocenters. The number of nitrogens with one attached hydrogen (secondary N) is 2. The molecule has 2 N–H and O–H groups in total. The molecule has 2 aliphatic rings. The summed E-state index contributed by atoms with van der Waals surface area (Å²) < 4.78 is 5.82. The van der Waals surface area contributed by atoms with E-state index in [-0.39, 0.29) is 18.1 Å². The topological polar surface area (TPSA) is 50.4 Å².